The van der Waals surface area contributed by atoms with E-state index in [0.717, 1.165) is 44.7 Å². The quantitative estimate of drug-likeness (QED) is 0.150. The molecule has 2 aromatic carbocycles. The third kappa shape index (κ3) is 7.67. The van der Waals surface area contributed by atoms with E-state index in [0.29, 0.717) is 34.7 Å². The van der Waals surface area contributed by atoms with Crippen molar-refractivity contribution < 1.29 is 18.6 Å². The smallest absolute Gasteiger partial charge is 0.157 e. The lowest BCUT2D eigenvalue weighted by Crippen LogP contribution is -2.27. The van der Waals surface area contributed by atoms with Gasteiger partial charge in [0.2, 0.25) is 0 Å². The highest BCUT2D eigenvalue weighted by Crippen LogP contribution is 2.32. The van der Waals surface area contributed by atoms with Crippen molar-refractivity contribution in [2.45, 2.75) is 77.3 Å². The van der Waals surface area contributed by atoms with Gasteiger partial charge in [-0.25, -0.2) is 28.4 Å². The first-order valence-electron chi connectivity index (χ1n) is 15.8. The topological polar surface area (TPSA) is 188 Å². The molecular formula is C34H44N8O4S2. The van der Waals surface area contributed by atoms with Gasteiger partial charge in [0.25, 0.3) is 0 Å². The number of hydrogen-bond acceptors (Lipinski definition) is 11. The van der Waals surface area contributed by atoms with Crippen molar-refractivity contribution in [1.82, 2.24) is 29.1 Å². The zero-order chi connectivity index (χ0) is 35.0. The molecule has 0 aliphatic carbocycles. The third-order valence-electron chi connectivity index (χ3n) is 7.69. The summed E-state index contributed by atoms with van der Waals surface area (Å²) in [6.07, 6.45) is 0. The van der Waals surface area contributed by atoms with Crippen molar-refractivity contribution in [2.75, 3.05) is 23.0 Å². The molecule has 0 saturated heterocycles. The molecule has 6 rings (SSSR count). The Balaban J connectivity index is 0.000000188. The highest BCUT2D eigenvalue weighted by Gasteiger charge is 2.25. The Morgan fingerprint density at radius 1 is 0.729 bits per heavy atom. The number of nitrogen functional groups attached to an aromatic ring is 2. The van der Waals surface area contributed by atoms with Gasteiger partial charge in [0.05, 0.1) is 52.1 Å². The molecule has 4 aromatic heterocycles. The average molecular weight is 693 g/mol. The minimum absolute atomic E-state index is 0.0210. The second-order valence-electron chi connectivity index (χ2n) is 13.1. The van der Waals surface area contributed by atoms with Gasteiger partial charge in [-0.2, -0.15) is 11.8 Å². The number of nitrogens with two attached hydrogens (primary N) is 2. The fourth-order valence-corrected chi connectivity index (χ4v) is 7.06. The van der Waals surface area contributed by atoms with Crippen molar-refractivity contribution in [3.05, 3.63) is 60.2 Å². The van der Waals surface area contributed by atoms with Gasteiger partial charge < -0.3 is 30.8 Å². The molecule has 0 fully saturated rings. The molecule has 0 aliphatic rings. The molecule has 6 aromatic rings. The Labute approximate surface area is 284 Å². The number of pyridine rings is 2. The summed E-state index contributed by atoms with van der Waals surface area (Å²) in [4.78, 5) is 18.0. The minimum Gasteiger partial charge on any atom is -0.389 e. The van der Waals surface area contributed by atoms with E-state index in [1.165, 1.54) is 0 Å². The van der Waals surface area contributed by atoms with Crippen LogP contribution in [0.5, 0.6) is 0 Å². The molecule has 0 spiro atoms. The number of fused-ring (bicyclic) bond motifs is 6. The summed E-state index contributed by atoms with van der Waals surface area (Å²) in [6, 6.07) is 15.4. The van der Waals surface area contributed by atoms with Crippen LogP contribution in [-0.2, 0) is 34.4 Å². The van der Waals surface area contributed by atoms with Crippen LogP contribution in [-0.4, -0.2) is 70.4 Å². The van der Waals surface area contributed by atoms with Crippen molar-refractivity contribution in [1.29, 1.82) is 0 Å². The molecule has 48 heavy (non-hydrogen) atoms. The highest BCUT2D eigenvalue weighted by atomic mass is 32.2. The van der Waals surface area contributed by atoms with E-state index in [9.17, 15) is 18.6 Å². The van der Waals surface area contributed by atoms with Crippen molar-refractivity contribution in [2.24, 2.45) is 0 Å². The van der Waals surface area contributed by atoms with Crippen LogP contribution >= 0.6 is 11.8 Å². The zero-order valence-corrected chi connectivity index (χ0v) is 29.9. The number of thioether (sulfide) groups is 1. The molecule has 0 amide bonds. The Morgan fingerprint density at radius 2 is 1.17 bits per heavy atom. The predicted octanol–water partition coefficient (Wildman–Crippen LogP) is 5.06. The Kier molecular flexibility index (Phi) is 9.93. The molecule has 12 nitrogen and oxygen atoms in total. The molecule has 0 bridgehead atoms. The Hall–Kier alpha value is -3.98. The first-order valence-corrected chi connectivity index (χ1v) is 18.8. The van der Waals surface area contributed by atoms with Crippen LogP contribution in [0.15, 0.2) is 48.5 Å². The summed E-state index contributed by atoms with van der Waals surface area (Å²) in [7, 11) is -3.29. The standard InChI is InChI=1S/C17H22N4O3S.C17H22N4OS/c1-4-25(23,24)9-13-20-14-15(21(13)10-17(2,3)22)11-7-5-6-8-12(11)19-16(14)18;1-4-23-9-13-20-14-15(21(13)10-17(2,3)22)11-7-5-6-8-12(11)19-16(14)18/h5-8,22H,4,9-10H2,1-3H3,(H2,18,19);5-8,22H,4,9-10H2,1-3H3,(H2,18,19). The number of benzene rings is 2. The fraction of sp³-hybridized carbons (Fsp3) is 0.412. The largest absolute Gasteiger partial charge is 0.389 e. The van der Waals surface area contributed by atoms with E-state index in [-0.39, 0.29) is 23.9 Å². The molecule has 0 aliphatic heterocycles. The number of sulfone groups is 1. The van der Waals surface area contributed by atoms with Crippen LogP contribution in [0, 0.1) is 0 Å². The summed E-state index contributed by atoms with van der Waals surface area (Å²) in [5.41, 5.74) is 14.7. The molecule has 14 heteroatoms. The molecular weight excluding hydrogens is 649 g/mol. The molecule has 0 saturated carbocycles. The molecule has 0 atom stereocenters. The SMILES string of the molecule is CCS(=O)(=O)Cc1nc2c(N)nc3ccccc3c2n1CC(C)(C)O.CCSCc1nc2c(N)nc3ccccc3c2n1CC(C)(C)O. The molecule has 0 unspecified atom stereocenters. The second kappa shape index (κ2) is 13.5. The number of nitrogens with zero attached hydrogens (tertiary/aromatic N) is 6. The predicted molar refractivity (Wildman–Crippen MR) is 196 cm³/mol. The maximum atomic E-state index is 12.1. The monoisotopic (exact) mass is 692 g/mol. The van der Waals surface area contributed by atoms with Gasteiger partial charge in [0.15, 0.2) is 21.5 Å². The molecule has 0 radical (unpaired) electrons. The van der Waals surface area contributed by atoms with Gasteiger partial charge in [-0.3, -0.25) is 0 Å². The summed E-state index contributed by atoms with van der Waals surface area (Å²) >= 11 is 1.80. The number of rotatable bonds is 10. The maximum Gasteiger partial charge on any atom is 0.157 e. The summed E-state index contributed by atoms with van der Waals surface area (Å²) in [5.74, 6) is 3.60. The van der Waals surface area contributed by atoms with Crippen LogP contribution in [0.2, 0.25) is 0 Å². The van der Waals surface area contributed by atoms with E-state index in [2.05, 4.69) is 26.4 Å². The normalized spacial score (nSPS) is 12.7. The summed E-state index contributed by atoms with van der Waals surface area (Å²) in [5, 5.41) is 22.5. The Bertz CT molecular complexity index is 2210. The Morgan fingerprint density at radius 3 is 1.60 bits per heavy atom. The summed E-state index contributed by atoms with van der Waals surface area (Å²) < 4.78 is 28.1. The van der Waals surface area contributed by atoms with Gasteiger partial charge in [-0.15, -0.1) is 0 Å². The van der Waals surface area contributed by atoms with E-state index >= 15 is 0 Å². The third-order valence-corrected chi connectivity index (χ3v) is 10.1. The minimum atomic E-state index is -3.29. The average Bonchev–Trinajstić information content (AvgIpc) is 3.53. The number of hydrogen-bond donors (Lipinski definition) is 4. The number of aromatic nitrogens is 6. The number of para-hydroxylation sites is 2. The van der Waals surface area contributed by atoms with E-state index in [1.807, 2.05) is 62.4 Å². The molecule has 256 valence electrons. The fourth-order valence-electron chi connectivity index (χ4n) is 5.64. The van der Waals surface area contributed by atoms with Gasteiger partial charge in [0.1, 0.15) is 28.4 Å². The lowest BCUT2D eigenvalue weighted by Gasteiger charge is -2.20. The van der Waals surface area contributed by atoms with Crippen molar-refractivity contribution >= 4 is 77.1 Å². The van der Waals surface area contributed by atoms with Crippen LogP contribution < -0.4 is 11.5 Å². The maximum absolute atomic E-state index is 12.1. The second-order valence-corrected chi connectivity index (χ2v) is 16.7. The van der Waals surface area contributed by atoms with Gasteiger partial charge >= 0.3 is 0 Å². The first-order chi connectivity index (χ1) is 22.5. The van der Waals surface area contributed by atoms with Gasteiger partial charge in [-0.1, -0.05) is 50.2 Å². The summed E-state index contributed by atoms with van der Waals surface area (Å²) in [6.45, 7) is 11.3. The number of imidazole rings is 2. The van der Waals surface area contributed by atoms with Crippen LogP contribution in [0.1, 0.15) is 53.2 Å². The zero-order valence-electron chi connectivity index (χ0n) is 28.2. The van der Waals surface area contributed by atoms with Crippen LogP contribution in [0.3, 0.4) is 0 Å². The lowest BCUT2D eigenvalue weighted by molar-refractivity contribution is 0.0614. The van der Waals surface area contributed by atoms with E-state index in [4.69, 9.17) is 16.5 Å². The van der Waals surface area contributed by atoms with Gasteiger partial charge in [-0.05, 0) is 45.6 Å². The van der Waals surface area contributed by atoms with E-state index in [1.54, 1.807) is 37.1 Å². The number of aliphatic hydroxyl groups is 2. The highest BCUT2D eigenvalue weighted by molar-refractivity contribution is 7.98. The van der Waals surface area contributed by atoms with Crippen LogP contribution in [0.25, 0.3) is 43.9 Å². The van der Waals surface area contributed by atoms with Gasteiger partial charge in [0, 0.05) is 16.5 Å². The first kappa shape index (κ1) is 35.3. The van der Waals surface area contributed by atoms with Crippen molar-refractivity contribution in [3.8, 4) is 0 Å². The molecule has 4 heterocycles. The van der Waals surface area contributed by atoms with E-state index < -0.39 is 21.0 Å². The molecule has 6 N–H and O–H groups in total. The lowest BCUT2D eigenvalue weighted by atomic mass is 10.1. The van der Waals surface area contributed by atoms with Crippen molar-refractivity contribution in [3.63, 3.8) is 0 Å². The van der Waals surface area contributed by atoms with Crippen LogP contribution in [0.4, 0.5) is 11.6 Å². The number of anilines is 2.